The second-order valence-corrected chi connectivity index (χ2v) is 4.30. The first-order valence-corrected chi connectivity index (χ1v) is 5.88. The summed E-state index contributed by atoms with van der Waals surface area (Å²) in [5.41, 5.74) is -0.412. The number of alkyl halides is 3. The predicted molar refractivity (Wildman–Crippen MR) is 70.0 cm³/mol. The van der Waals surface area contributed by atoms with Gasteiger partial charge in [-0.2, -0.15) is 13.2 Å². The Morgan fingerprint density at radius 2 is 2.10 bits per heavy atom. The van der Waals surface area contributed by atoms with Crippen LogP contribution in [0.1, 0.15) is 15.9 Å². The number of hydrogen-bond donors (Lipinski definition) is 0. The first kappa shape index (κ1) is 16.7. The molecule has 1 aromatic rings. The van der Waals surface area contributed by atoms with Crippen molar-refractivity contribution in [2.24, 2.45) is 0 Å². The quantitative estimate of drug-likeness (QED) is 0.477. The van der Waals surface area contributed by atoms with Crippen LogP contribution < -0.4 is 0 Å². The van der Waals surface area contributed by atoms with Gasteiger partial charge in [0.25, 0.3) is 11.6 Å². The normalized spacial score (nSPS) is 11.0. The van der Waals surface area contributed by atoms with Crippen molar-refractivity contribution in [2.75, 3.05) is 13.1 Å². The fraction of sp³-hybridized carbons (Fsp3) is 0.308. The number of rotatable bonds is 5. The van der Waals surface area contributed by atoms with E-state index in [1.807, 2.05) is 0 Å². The van der Waals surface area contributed by atoms with E-state index in [-0.39, 0.29) is 23.4 Å². The molecule has 0 aromatic heterocycles. The number of halogens is 3. The summed E-state index contributed by atoms with van der Waals surface area (Å²) >= 11 is 0. The molecule has 0 aliphatic carbocycles. The van der Waals surface area contributed by atoms with Crippen LogP contribution in [0.4, 0.5) is 18.9 Å². The lowest BCUT2D eigenvalue weighted by atomic mass is 10.1. The molecule has 0 aliphatic rings. The van der Waals surface area contributed by atoms with Crippen molar-refractivity contribution in [2.45, 2.75) is 13.1 Å². The largest absolute Gasteiger partial charge is 0.406 e. The highest BCUT2D eigenvalue weighted by Gasteiger charge is 2.33. The number of nitro groups is 1. The SMILES string of the molecule is C=CCN(CC(F)(F)F)C(=O)c1cccc([N+](=O)[O-])c1C. The Balaban J connectivity index is 3.18. The fourth-order valence-electron chi connectivity index (χ4n) is 1.81. The van der Waals surface area contributed by atoms with E-state index in [1.165, 1.54) is 25.1 Å². The highest BCUT2D eigenvalue weighted by molar-refractivity contribution is 5.96. The lowest BCUT2D eigenvalue weighted by Gasteiger charge is -2.23. The van der Waals surface area contributed by atoms with E-state index in [1.54, 1.807) is 0 Å². The van der Waals surface area contributed by atoms with Crippen LogP contribution in [0.25, 0.3) is 0 Å². The molecule has 0 saturated heterocycles. The second kappa shape index (κ2) is 6.38. The smallest absolute Gasteiger partial charge is 0.326 e. The van der Waals surface area contributed by atoms with E-state index >= 15 is 0 Å². The summed E-state index contributed by atoms with van der Waals surface area (Å²) in [4.78, 5) is 22.8. The molecule has 0 spiro atoms. The van der Waals surface area contributed by atoms with Gasteiger partial charge in [-0.05, 0) is 13.0 Å². The maximum absolute atomic E-state index is 12.5. The lowest BCUT2D eigenvalue weighted by molar-refractivity contribution is -0.385. The van der Waals surface area contributed by atoms with Crippen LogP contribution in [0.2, 0.25) is 0 Å². The zero-order chi connectivity index (χ0) is 16.2. The van der Waals surface area contributed by atoms with Crippen molar-refractivity contribution in [3.63, 3.8) is 0 Å². The maximum atomic E-state index is 12.5. The molecule has 0 atom stereocenters. The number of amides is 1. The molecule has 0 fully saturated rings. The topological polar surface area (TPSA) is 63.5 Å². The Kier molecular flexibility index (Phi) is 5.07. The standard InChI is InChI=1S/C13H13F3N2O3/c1-3-7-17(8-13(14,15)16)12(19)10-5-4-6-11(9(10)2)18(20)21/h3-6H,1,7-8H2,2H3. The molecule has 114 valence electrons. The van der Waals surface area contributed by atoms with Gasteiger partial charge in [0.2, 0.25) is 0 Å². The van der Waals surface area contributed by atoms with Gasteiger partial charge in [-0.3, -0.25) is 14.9 Å². The summed E-state index contributed by atoms with van der Waals surface area (Å²) in [6, 6.07) is 3.71. The van der Waals surface area contributed by atoms with Gasteiger partial charge < -0.3 is 4.90 Å². The third-order valence-corrected chi connectivity index (χ3v) is 2.74. The van der Waals surface area contributed by atoms with Crippen molar-refractivity contribution in [1.29, 1.82) is 0 Å². The summed E-state index contributed by atoms with van der Waals surface area (Å²) in [5.74, 6) is -0.923. The predicted octanol–water partition coefficient (Wildman–Crippen LogP) is 3.09. The molecule has 1 amide bonds. The third kappa shape index (κ3) is 4.30. The molecule has 21 heavy (non-hydrogen) atoms. The first-order chi connectivity index (χ1) is 9.67. The van der Waals surface area contributed by atoms with Crippen molar-refractivity contribution in [3.8, 4) is 0 Å². The van der Waals surface area contributed by atoms with Gasteiger partial charge in [0.1, 0.15) is 6.54 Å². The van der Waals surface area contributed by atoms with E-state index in [4.69, 9.17) is 0 Å². The van der Waals surface area contributed by atoms with Crippen molar-refractivity contribution in [1.82, 2.24) is 4.90 Å². The van der Waals surface area contributed by atoms with Gasteiger partial charge in [0.05, 0.1) is 4.92 Å². The zero-order valence-electron chi connectivity index (χ0n) is 11.2. The fourth-order valence-corrected chi connectivity index (χ4v) is 1.81. The van der Waals surface area contributed by atoms with Gasteiger partial charge in [0.15, 0.2) is 0 Å². The Bertz CT molecular complexity index is 570. The van der Waals surface area contributed by atoms with E-state index in [9.17, 15) is 28.1 Å². The zero-order valence-corrected chi connectivity index (χ0v) is 11.2. The second-order valence-electron chi connectivity index (χ2n) is 4.30. The highest BCUT2D eigenvalue weighted by atomic mass is 19.4. The number of hydrogen-bond acceptors (Lipinski definition) is 3. The number of nitro benzene ring substituents is 1. The molecule has 8 heteroatoms. The number of benzene rings is 1. The number of carbonyl (C=O) groups is 1. The summed E-state index contributed by atoms with van der Waals surface area (Å²) in [6.45, 7) is 2.88. The van der Waals surface area contributed by atoms with Crippen LogP contribution in [0.5, 0.6) is 0 Å². The molecule has 0 bridgehead atoms. The summed E-state index contributed by atoms with van der Waals surface area (Å²) in [7, 11) is 0. The number of nitrogens with zero attached hydrogens (tertiary/aromatic N) is 2. The monoisotopic (exact) mass is 302 g/mol. The van der Waals surface area contributed by atoms with Crippen molar-refractivity contribution in [3.05, 3.63) is 52.1 Å². The average molecular weight is 302 g/mol. The van der Waals surface area contributed by atoms with E-state index in [0.717, 1.165) is 6.08 Å². The van der Waals surface area contributed by atoms with Crippen LogP contribution in [-0.2, 0) is 0 Å². The Morgan fingerprint density at radius 1 is 1.48 bits per heavy atom. The molecule has 0 heterocycles. The summed E-state index contributed by atoms with van der Waals surface area (Å²) < 4.78 is 37.4. The molecular formula is C13H13F3N2O3. The van der Waals surface area contributed by atoms with Crippen LogP contribution >= 0.6 is 0 Å². The molecule has 5 nitrogen and oxygen atoms in total. The molecular weight excluding hydrogens is 289 g/mol. The molecule has 1 rings (SSSR count). The van der Waals surface area contributed by atoms with E-state index in [2.05, 4.69) is 6.58 Å². The molecule has 1 aromatic carbocycles. The average Bonchev–Trinajstić information content (AvgIpc) is 2.36. The minimum atomic E-state index is -4.56. The molecule has 0 unspecified atom stereocenters. The van der Waals surface area contributed by atoms with Crippen molar-refractivity contribution < 1.29 is 22.9 Å². The molecule has 0 saturated carbocycles. The van der Waals surface area contributed by atoms with Gasteiger partial charge >= 0.3 is 6.18 Å². The maximum Gasteiger partial charge on any atom is 0.406 e. The van der Waals surface area contributed by atoms with Crippen LogP contribution in [0.3, 0.4) is 0 Å². The first-order valence-electron chi connectivity index (χ1n) is 5.88. The Labute approximate surface area is 118 Å². The van der Waals surface area contributed by atoms with Crippen LogP contribution in [0, 0.1) is 17.0 Å². The van der Waals surface area contributed by atoms with Crippen LogP contribution in [0.15, 0.2) is 30.9 Å². The number of carbonyl (C=O) groups excluding carboxylic acids is 1. The summed E-state index contributed by atoms with van der Waals surface area (Å²) in [6.07, 6.45) is -3.40. The van der Waals surface area contributed by atoms with E-state index < -0.39 is 23.6 Å². The van der Waals surface area contributed by atoms with Crippen LogP contribution in [-0.4, -0.2) is 35.0 Å². The van der Waals surface area contributed by atoms with Gasteiger partial charge in [-0.1, -0.05) is 12.1 Å². The third-order valence-electron chi connectivity index (χ3n) is 2.74. The highest BCUT2D eigenvalue weighted by Crippen LogP contribution is 2.24. The van der Waals surface area contributed by atoms with Gasteiger partial charge in [0, 0.05) is 23.7 Å². The minimum Gasteiger partial charge on any atom is -0.326 e. The van der Waals surface area contributed by atoms with E-state index in [0.29, 0.717) is 4.90 Å². The Morgan fingerprint density at radius 3 is 2.57 bits per heavy atom. The molecule has 0 radical (unpaired) electrons. The van der Waals surface area contributed by atoms with Gasteiger partial charge in [-0.25, -0.2) is 0 Å². The van der Waals surface area contributed by atoms with Crippen molar-refractivity contribution >= 4 is 11.6 Å². The molecule has 0 N–H and O–H groups in total. The molecule has 0 aliphatic heterocycles. The van der Waals surface area contributed by atoms with Gasteiger partial charge in [-0.15, -0.1) is 6.58 Å². The lowest BCUT2D eigenvalue weighted by Crippen LogP contribution is -2.39. The Hall–Kier alpha value is -2.38. The minimum absolute atomic E-state index is 0.0312. The summed E-state index contributed by atoms with van der Waals surface area (Å²) in [5, 5.41) is 10.8.